The highest BCUT2D eigenvalue weighted by molar-refractivity contribution is 7.98. The normalized spacial score (nSPS) is 14.3. The molecule has 0 saturated heterocycles. The highest BCUT2D eigenvalue weighted by Crippen LogP contribution is 2.27. The Balaban J connectivity index is 2.18. The van der Waals surface area contributed by atoms with Crippen LogP contribution in [0.15, 0.2) is 12.5 Å². The van der Waals surface area contributed by atoms with Gasteiger partial charge >= 0.3 is 0 Å². The van der Waals surface area contributed by atoms with Crippen LogP contribution in [0.25, 0.3) is 11.0 Å². The van der Waals surface area contributed by atoms with E-state index < -0.39 is 6.10 Å². The number of aromatic amines is 1. The Bertz CT molecular complexity index is 591. The van der Waals surface area contributed by atoms with E-state index in [9.17, 15) is 10.2 Å². The van der Waals surface area contributed by atoms with Crippen LogP contribution in [0.4, 0.5) is 11.5 Å². The number of rotatable bonds is 7. The monoisotopic (exact) mass is 311 g/mol. The number of nitrogen functional groups attached to an aromatic ring is 1. The van der Waals surface area contributed by atoms with Crippen molar-refractivity contribution in [2.75, 3.05) is 42.8 Å². The van der Waals surface area contributed by atoms with Gasteiger partial charge in [-0.05, 0) is 6.26 Å². The molecule has 2 aromatic rings. The average molecular weight is 311 g/mol. The van der Waals surface area contributed by atoms with Gasteiger partial charge in [-0.3, -0.25) is 0 Å². The summed E-state index contributed by atoms with van der Waals surface area (Å²) in [6.45, 7) is 0.459. The van der Waals surface area contributed by atoms with Crippen molar-refractivity contribution in [3.8, 4) is 0 Å². The third-order valence-electron chi connectivity index (χ3n) is 3.51. The highest BCUT2D eigenvalue weighted by atomic mass is 32.2. The number of thioether (sulfide) groups is 1. The van der Waals surface area contributed by atoms with E-state index in [1.54, 1.807) is 11.8 Å². The van der Waals surface area contributed by atoms with Gasteiger partial charge in [0.25, 0.3) is 0 Å². The lowest BCUT2D eigenvalue weighted by atomic mass is 10.0. The van der Waals surface area contributed by atoms with Crippen molar-refractivity contribution in [3.63, 3.8) is 0 Å². The Morgan fingerprint density at radius 3 is 2.90 bits per heavy atom. The molecular formula is C13H21N5O2S. The van der Waals surface area contributed by atoms with Crippen molar-refractivity contribution in [1.29, 1.82) is 0 Å². The number of aliphatic hydroxyl groups is 2. The zero-order valence-corrected chi connectivity index (χ0v) is 13.0. The van der Waals surface area contributed by atoms with Gasteiger partial charge in [-0.2, -0.15) is 11.8 Å². The average Bonchev–Trinajstić information content (AvgIpc) is 2.90. The fraction of sp³-hybridized carbons (Fsp3) is 0.538. The lowest BCUT2D eigenvalue weighted by molar-refractivity contribution is 0.0883. The van der Waals surface area contributed by atoms with Gasteiger partial charge in [0.1, 0.15) is 17.4 Å². The van der Waals surface area contributed by atoms with Crippen LogP contribution in [0.3, 0.4) is 0 Å². The Morgan fingerprint density at radius 2 is 2.24 bits per heavy atom. The Labute approximate surface area is 127 Å². The van der Waals surface area contributed by atoms with Crippen LogP contribution in [0.2, 0.25) is 0 Å². The first-order chi connectivity index (χ1) is 10.1. The second kappa shape index (κ2) is 6.97. The number of nitrogens with zero attached hydrogens (tertiary/aromatic N) is 3. The predicted molar refractivity (Wildman–Crippen MR) is 86.5 cm³/mol. The first-order valence-corrected chi connectivity index (χ1v) is 8.04. The zero-order valence-electron chi connectivity index (χ0n) is 12.2. The van der Waals surface area contributed by atoms with Crippen LogP contribution in [0.1, 0.15) is 0 Å². The summed E-state index contributed by atoms with van der Waals surface area (Å²) in [6, 6.07) is 0. The summed E-state index contributed by atoms with van der Waals surface area (Å²) < 4.78 is 0. The number of H-pyrrole nitrogens is 1. The fourth-order valence-electron chi connectivity index (χ4n) is 2.29. The minimum absolute atomic E-state index is 0.0639. The van der Waals surface area contributed by atoms with E-state index in [0.717, 1.165) is 11.2 Å². The van der Waals surface area contributed by atoms with Gasteiger partial charge in [-0.1, -0.05) is 0 Å². The first-order valence-electron chi connectivity index (χ1n) is 6.65. The fourth-order valence-corrected chi connectivity index (χ4v) is 2.91. The standard InChI is InChI=1S/C13H21N5O2S/c1-18(4-8(5-19)10(20)6-21-2)9-3-15-12-11(9)16-7-17-13(12)14/h3,7-8,10,15,19-20H,4-6H2,1-2H3,(H2,14,16,17)/t8-,10-/m0/s1. The lowest BCUT2D eigenvalue weighted by Crippen LogP contribution is -2.36. The molecule has 8 heteroatoms. The number of aliphatic hydroxyl groups excluding tert-OH is 2. The molecule has 0 spiro atoms. The second-order valence-electron chi connectivity index (χ2n) is 5.00. The van der Waals surface area contributed by atoms with Crippen molar-refractivity contribution in [3.05, 3.63) is 12.5 Å². The molecule has 7 nitrogen and oxygen atoms in total. The maximum absolute atomic E-state index is 10.1. The molecule has 0 unspecified atom stereocenters. The van der Waals surface area contributed by atoms with Gasteiger partial charge in [-0.25, -0.2) is 9.97 Å². The Hall–Kier alpha value is -1.51. The number of anilines is 2. The molecule has 5 N–H and O–H groups in total. The number of nitrogens with one attached hydrogen (secondary N) is 1. The molecular weight excluding hydrogens is 290 g/mol. The molecule has 21 heavy (non-hydrogen) atoms. The number of fused-ring (bicyclic) bond motifs is 1. The number of hydrogen-bond acceptors (Lipinski definition) is 7. The van der Waals surface area contributed by atoms with E-state index >= 15 is 0 Å². The third kappa shape index (κ3) is 3.39. The van der Waals surface area contributed by atoms with Crippen molar-refractivity contribution in [2.45, 2.75) is 6.10 Å². The molecule has 0 radical (unpaired) electrons. The molecule has 0 aliphatic heterocycles. The first kappa shape index (κ1) is 15.9. The molecule has 116 valence electrons. The smallest absolute Gasteiger partial charge is 0.151 e. The number of aromatic nitrogens is 3. The number of hydrogen-bond donors (Lipinski definition) is 4. The summed E-state index contributed by atoms with van der Waals surface area (Å²) in [5.74, 6) is 0.787. The summed E-state index contributed by atoms with van der Waals surface area (Å²) in [6.07, 6.45) is 4.62. The Kier molecular flexibility index (Phi) is 5.27. The second-order valence-corrected chi connectivity index (χ2v) is 5.91. The van der Waals surface area contributed by atoms with E-state index in [0.29, 0.717) is 23.6 Å². The zero-order chi connectivity index (χ0) is 15.4. The minimum Gasteiger partial charge on any atom is -0.396 e. The van der Waals surface area contributed by atoms with E-state index in [1.807, 2.05) is 24.4 Å². The quantitative estimate of drug-likeness (QED) is 0.582. The third-order valence-corrected chi connectivity index (χ3v) is 4.18. The van der Waals surface area contributed by atoms with Crippen LogP contribution < -0.4 is 10.6 Å². The van der Waals surface area contributed by atoms with Crippen molar-refractivity contribution in [1.82, 2.24) is 15.0 Å². The molecule has 2 heterocycles. The SMILES string of the molecule is CSC[C@H](O)[C@H](CO)CN(C)c1c[nH]c2c(N)ncnc12. The maximum atomic E-state index is 10.1. The van der Waals surface area contributed by atoms with Crippen LogP contribution in [0, 0.1) is 5.92 Å². The molecule has 0 bridgehead atoms. The minimum atomic E-state index is -0.544. The predicted octanol–water partition coefficient (Wildman–Crippen LogP) is 0.309. The van der Waals surface area contributed by atoms with Crippen LogP contribution in [-0.4, -0.2) is 63.5 Å². The maximum Gasteiger partial charge on any atom is 0.151 e. The molecule has 0 amide bonds. The van der Waals surface area contributed by atoms with Crippen molar-refractivity contribution < 1.29 is 10.2 Å². The topological polar surface area (TPSA) is 111 Å². The summed E-state index contributed by atoms with van der Waals surface area (Å²) in [5.41, 5.74) is 8.11. The van der Waals surface area contributed by atoms with Crippen LogP contribution >= 0.6 is 11.8 Å². The molecule has 2 aromatic heterocycles. The Morgan fingerprint density at radius 1 is 1.48 bits per heavy atom. The summed E-state index contributed by atoms with van der Waals surface area (Å²) in [5, 5.41) is 19.5. The van der Waals surface area contributed by atoms with E-state index in [2.05, 4.69) is 15.0 Å². The van der Waals surface area contributed by atoms with Gasteiger partial charge in [0.15, 0.2) is 5.82 Å². The van der Waals surface area contributed by atoms with Crippen LogP contribution in [0.5, 0.6) is 0 Å². The molecule has 0 aliphatic carbocycles. The van der Waals surface area contributed by atoms with Crippen molar-refractivity contribution in [2.24, 2.45) is 5.92 Å². The van der Waals surface area contributed by atoms with E-state index in [-0.39, 0.29) is 12.5 Å². The molecule has 0 aliphatic rings. The summed E-state index contributed by atoms with van der Waals surface area (Å²) in [4.78, 5) is 13.2. The summed E-state index contributed by atoms with van der Waals surface area (Å²) >= 11 is 1.56. The van der Waals surface area contributed by atoms with E-state index in [4.69, 9.17) is 5.73 Å². The molecule has 0 fully saturated rings. The van der Waals surface area contributed by atoms with Crippen LogP contribution in [-0.2, 0) is 0 Å². The molecule has 0 saturated carbocycles. The van der Waals surface area contributed by atoms with Crippen molar-refractivity contribution >= 4 is 34.3 Å². The van der Waals surface area contributed by atoms with Gasteiger partial charge in [0.05, 0.1) is 18.4 Å². The molecule has 2 rings (SSSR count). The number of nitrogens with two attached hydrogens (primary N) is 1. The van der Waals surface area contributed by atoms with E-state index in [1.165, 1.54) is 6.33 Å². The molecule has 2 atom stereocenters. The van der Waals surface area contributed by atoms with Gasteiger partial charge in [0, 0.05) is 31.5 Å². The summed E-state index contributed by atoms with van der Waals surface area (Å²) in [7, 11) is 1.90. The van der Waals surface area contributed by atoms with Gasteiger partial charge < -0.3 is 25.8 Å². The lowest BCUT2D eigenvalue weighted by Gasteiger charge is -2.27. The molecule has 0 aromatic carbocycles. The van der Waals surface area contributed by atoms with Gasteiger partial charge in [0.2, 0.25) is 0 Å². The highest BCUT2D eigenvalue weighted by Gasteiger charge is 2.21. The largest absolute Gasteiger partial charge is 0.396 e. The van der Waals surface area contributed by atoms with Gasteiger partial charge in [-0.15, -0.1) is 0 Å².